The average Bonchev–Trinajstić information content (AvgIpc) is 2.58. The molecule has 1 amide bonds. The lowest BCUT2D eigenvalue weighted by Crippen LogP contribution is -2.48. The summed E-state index contributed by atoms with van der Waals surface area (Å²) in [5, 5.41) is 3.43. The Balaban J connectivity index is 2.31. The van der Waals surface area contributed by atoms with Crippen LogP contribution in [0.4, 0.5) is 5.69 Å². The molecule has 28 heavy (non-hydrogen) atoms. The molecular formula is C20H24Cl2N2O3S. The fourth-order valence-electron chi connectivity index (χ4n) is 3.07. The number of carbonyl (C=O) groups is 1. The van der Waals surface area contributed by atoms with Crippen molar-refractivity contribution in [3.63, 3.8) is 0 Å². The second-order valence-electron chi connectivity index (χ2n) is 6.92. The summed E-state index contributed by atoms with van der Waals surface area (Å²) in [7, 11) is -3.74. The van der Waals surface area contributed by atoms with Gasteiger partial charge in [0.2, 0.25) is 15.9 Å². The van der Waals surface area contributed by atoms with E-state index in [-0.39, 0.29) is 16.8 Å². The second-order valence-corrected chi connectivity index (χ2v) is 9.60. The van der Waals surface area contributed by atoms with Crippen LogP contribution in [0, 0.1) is 13.8 Å². The Morgan fingerprint density at radius 3 is 2.25 bits per heavy atom. The number of nitrogens with one attached hydrogen (secondary N) is 1. The number of anilines is 1. The molecule has 0 aliphatic carbocycles. The molecule has 0 heterocycles. The first-order chi connectivity index (χ1) is 12.9. The van der Waals surface area contributed by atoms with Crippen molar-refractivity contribution in [2.24, 2.45) is 0 Å². The van der Waals surface area contributed by atoms with Crippen LogP contribution in [0.1, 0.15) is 36.6 Å². The average molecular weight is 443 g/mol. The molecule has 0 aliphatic heterocycles. The van der Waals surface area contributed by atoms with Crippen LogP contribution in [-0.4, -0.2) is 26.6 Å². The number of amides is 1. The summed E-state index contributed by atoms with van der Waals surface area (Å²) in [6, 6.07) is 9.22. The van der Waals surface area contributed by atoms with Crippen molar-refractivity contribution in [3.8, 4) is 0 Å². The first-order valence-electron chi connectivity index (χ1n) is 8.73. The molecule has 0 aromatic heterocycles. The molecule has 0 saturated heterocycles. The van der Waals surface area contributed by atoms with E-state index in [1.54, 1.807) is 0 Å². The summed E-state index contributed by atoms with van der Waals surface area (Å²) >= 11 is 12.0. The van der Waals surface area contributed by atoms with Crippen molar-refractivity contribution in [2.45, 2.75) is 39.8 Å². The first-order valence-corrected chi connectivity index (χ1v) is 11.3. The molecule has 0 saturated carbocycles. The normalized spacial score (nSPS) is 13.7. The summed E-state index contributed by atoms with van der Waals surface area (Å²) in [5.41, 5.74) is 3.40. The molecule has 0 unspecified atom stereocenters. The Hall–Kier alpha value is -1.76. The highest BCUT2D eigenvalue weighted by Crippen LogP contribution is 2.30. The van der Waals surface area contributed by atoms with Crippen molar-refractivity contribution in [1.82, 2.24) is 5.32 Å². The molecule has 152 valence electrons. The van der Waals surface area contributed by atoms with E-state index in [0.717, 1.165) is 27.3 Å². The fraction of sp³-hybridized carbons (Fsp3) is 0.350. The van der Waals surface area contributed by atoms with Crippen LogP contribution in [0.5, 0.6) is 0 Å². The van der Waals surface area contributed by atoms with E-state index >= 15 is 0 Å². The van der Waals surface area contributed by atoms with Gasteiger partial charge in [0.1, 0.15) is 6.04 Å². The minimum Gasteiger partial charge on any atom is -0.348 e. The highest BCUT2D eigenvalue weighted by Gasteiger charge is 2.30. The van der Waals surface area contributed by atoms with Gasteiger partial charge in [0, 0.05) is 0 Å². The minimum atomic E-state index is -3.74. The van der Waals surface area contributed by atoms with Crippen LogP contribution in [0.25, 0.3) is 0 Å². The molecule has 8 heteroatoms. The fourth-order valence-corrected chi connectivity index (χ4v) is 4.53. The third-order valence-corrected chi connectivity index (χ3v) is 6.49. The van der Waals surface area contributed by atoms with Gasteiger partial charge in [0.05, 0.1) is 28.0 Å². The third kappa shape index (κ3) is 5.19. The van der Waals surface area contributed by atoms with Gasteiger partial charge in [-0.2, -0.15) is 0 Å². The predicted octanol–water partition coefficient (Wildman–Crippen LogP) is 4.64. The van der Waals surface area contributed by atoms with Crippen LogP contribution in [0.3, 0.4) is 0 Å². The predicted molar refractivity (Wildman–Crippen MR) is 116 cm³/mol. The van der Waals surface area contributed by atoms with Gasteiger partial charge in [0.25, 0.3) is 0 Å². The molecule has 1 N–H and O–H groups in total. The molecule has 0 fully saturated rings. The molecule has 0 bridgehead atoms. The van der Waals surface area contributed by atoms with E-state index in [1.165, 1.54) is 25.1 Å². The van der Waals surface area contributed by atoms with Gasteiger partial charge in [0.15, 0.2) is 0 Å². The molecule has 0 spiro atoms. The lowest BCUT2D eigenvalue weighted by Gasteiger charge is -2.29. The molecule has 2 aromatic carbocycles. The van der Waals surface area contributed by atoms with Gasteiger partial charge < -0.3 is 5.32 Å². The van der Waals surface area contributed by atoms with E-state index in [2.05, 4.69) is 5.32 Å². The Kier molecular flexibility index (Phi) is 7.02. The Labute approximate surface area is 176 Å². The SMILES string of the molecule is Cc1ccc(C)c([C@H](C)NC(=O)[C@@H](C)N(c2ccc(Cl)c(Cl)c2)S(C)(=O)=O)c1. The number of hydrogen-bond acceptors (Lipinski definition) is 3. The topological polar surface area (TPSA) is 66.5 Å². The monoisotopic (exact) mass is 442 g/mol. The number of sulfonamides is 1. The molecule has 2 aromatic rings. The molecule has 5 nitrogen and oxygen atoms in total. The Bertz CT molecular complexity index is 993. The van der Waals surface area contributed by atoms with Gasteiger partial charge in [-0.15, -0.1) is 0 Å². The lowest BCUT2D eigenvalue weighted by molar-refractivity contribution is -0.122. The van der Waals surface area contributed by atoms with Crippen LogP contribution in [0.15, 0.2) is 36.4 Å². The highest BCUT2D eigenvalue weighted by atomic mass is 35.5. The minimum absolute atomic E-state index is 0.212. The largest absolute Gasteiger partial charge is 0.348 e. The molecule has 2 atom stereocenters. The lowest BCUT2D eigenvalue weighted by atomic mass is 10.00. The summed E-state index contributed by atoms with van der Waals surface area (Å²) in [6.07, 6.45) is 1.05. The number of aryl methyl sites for hydroxylation is 2. The zero-order valence-corrected chi connectivity index (χ0v) is 18.8. The number of halogens is 2. The Morgan fingerprint density at radius 2 is 1.68 bits per heavy atom. The van der Waals surface area contributed by atoms with Gasteiger partial charge in [-0.05, 0) is 57.0 Å². The van der Waals surface area contributed by atoms with Crippen molar-refractivity contribution in [3.05, 3.63) is 63.1 Å². The third-order valence-electron chi connectivity index (χ3n) is 4.51. The van der Waals surface area contributed by atoms with Crippen molar-refractivity contribution >= 4 is 44.8 Å². The van der Waals surface area contributed by atoms with E-state index < -0.39 is 22.0 Å². The van der Waals surface area contributed by atoms with Gasteiger partial charge in [-0.25, -0.2) is 8.42 Å². The van der Waals surface area contributed by atoms with Crippen molar-refractivity contribution in [1.29, 1.82) is 0 Å². The van der Waals surface area contributed by atoms with E-state index in [1.807, 2.05) is 39.0 Å². The van der Waals surface area contributed by atoms with E-state index in [0.29, 0.717) is 5.02 Å². The van der Waals surface area contributed by atoms with Crippen molar-refractivity contribution in [2.75, 3.05) is 10.6 Å². The summed E-state index contributed by atoms with van der Waals surface area (Å²) in [4.78, 5) is 12.9. The van der Waals surface area contributed by atoms with Crippen LogP contribution < -0.4 is 9.62 Å². The quantitative estimate of drug-likeness (QED) is 0.707. The maximum Gasteiger partial charge on any atom is 0.244 e. The second kappa shape index (κ2) is 8.72. The Morgan fingerprint density at radius 1 is 1.04 bits per heavy atom. The molecular weight excluding hydrogens is 419 g/mol. The van der Waals surface area contributed by atoms with Gasteiger partial charge in [-0.1, -0.05) is 47.0 Å². The highest BCUT2D eigenvalue weighted by molar-refractivity contribution is 7.92. The summed E-state index contributed by atoms with van der Waals surface area (Å²) in [5.74, 6) is -0.412. The zero-order chi connectivity index (χ0) is 21.2. The number of rotatable bonds is 6. The molecule has 0 radical (unpaired) electrons. The maximum atomic E-state index is 12.9. The van der Waals surface area contributed by atoms with E-state index in [4.69, 9.17) is 23.2 Å². The van der Waals surface area contributed by atoms with Crippen LogP contribution in [0.2, 0.25) is 10.0 Å². The number of carbonyl (C=O) groups excluding carboxylic acids is 1. The summed E-state index contributed by atoms with van der Waals surface area (Å²) < 4.78 is 25.8. The van der Waals surface area contributed by atoms with E-state index in [9.17, 15) is 13.2 Å². The standard InChI is InChI=1S/C20H24Cl2N2O3S/c1-12-6-7-13(2)17(10-12)14(3)23-20(25)15(4)24(28(5,26)27)16-8-9-18(21)19(22)11-16/h6-11,14-15H,1-5H3,(H,23,25)/t14-,15+/m0/s1. The van der Waals surface area contributed by atoms with Crippen LogP contribution >= 0.6 is 23.2 Å². The number of hydrogen-bond donors (Lipinski definition) is 1. The maximum absolute atomic E-state index is 12.9. The number of benzene rings is 2. The smallest absolute Gasteiger partial charge is 0.244 e. The van der Waals surface area contributed by atoms with Gasteiger partial charge in [-0.3, -0.25) is 9.10 Å². The van der Waals surface area contributed by atoms with Crippen LogP contribution in [-0.2, 0) is 14.8 Å². The first kappa shape index (κ1) is 22.5. The van der Waals surface area contributed by atoms with Crippen molar-refractivity contribution < 1.29 is 13.2 Å². The number of nitrogens with zero attached hydrogens (tertiary/aromatic N) is 1. The van der Waals surface area contributed by atoms with Gasteiger partial charge >= 0.3 is 0 Å². The molecule has 2 rings (SSSR count). The molecule has 0 aliphatic rings. The summed E-state index contributed by atoms with van der Waals surface area (Å²) in [6.45, 7) is 7.36. The zero-order valence-electron chi connectivity index (χ0n) is 16.5.